The van der Waals surface area contributed by atoms with Gasteiger partial charge in [-0.3, -0.25) is 4.79 Å². The first kappa shape index (κ1) is 62.6. The molecule has 0 saturated carbocycles. The first-order valence-electron chi connectivity index (χ1n) is 27.4. The average molecular weight is 1090 g/mol. The number of likely N-dealkylation sites (N-methyl/N-ethyl adjacent to an activating group) is 2. The smallest absolute Gasteiger partial charge is 0.311 e. The molecule has 4 N–H and O–H groups in total. The Morgan fingerprint density at radius 3 is 2.23 bits per heavy atom. The van der Waals surface area contributed by atoms with Gasteiger partial charge in [0.1, 0.15) is 48.4 Å². The number of carbonyl (C=O) groups excluding carboxylic acids is 1. The molecule has 5 heterocycles. The van der Waals surface area contributed by atoms with Crippen molar-refractivity contribution < 1.29 is 67.5 Å². The summed E-state index contributed by atoms with van der Waals surface area (Å²) >= 11 is 0. The van der Waals surface area contributed by atoms with E-state index in [0.717, 1.165) is 11.3 Å². The monoisotopic (exact) mass is 1090 g/mol. The van der Waals surface area contributed by atoms with E-state index in [4.69, 9.17) is 37.9 Å². The largest absolute Gasteiger partial charge is 0.459 e. The van der Waals surface area contributed by atoms with E-state index < -0.39 is 115 Å². The highest BCUT2D eigenvalue weighted by atomic mass is 19.1. The molecule has 3 fully saturated rings. The molecule has 19 atom stereocenters. The second-order valence-corrected chi connectivity index (χ2v) is 23.2. The maximum Gasteiger partial charge on any atom is 0.311 e. The van der Waals surface area contributed by atoms with Crippen LogP contribution in [-0.4, -0.2) is 206 Å². The lowest BCUT2D eigenvalue weighted by molar-refractivity contribution is -0.310. The number of cyclic esters (lactones) is 1. The van der Waals surface area contributed by atoms with E-state index >= 15 is 0 Å². The van der Waals surface area contributed by atoms with Crippen molar-refractivity contribution in [2.45, 2.75) is 211 Å². The quantitative estimate of drug-likeness (QED) is 0.126. The van der Waals surface area contributed by atoms with Gasteiger partial charge in [-0.15, -0.1) is 10.2 Å². The van der Waals surface area contributed by atoms with Gasteiger partial charge in [-0.05, 0) is 105 Å². The third-order valence-electron chi connectivity index (χ3n) is 16.5. The molecule has 3 aliphatic rings. The van der Waals surface area contributed by atoms with Gasteiger partial charge in [0.15, 0.2) is 12.6 Å². The fourth-order valence-electron chi connectivity index (χ4n) is 12.0. The number of aromatic nitrogens is 6. The number of rotatable bonds is 18. The zero-order chi connectivity index (χ0) is 56.7. The van der Waals surface area contributed by atoms with Crippen molar-refractivity contribution in [2.24, 2.45) is 17.8 Å². The summed E-state index contributed by atoms with van der Waals surface area (Å²) in [4.78, 5) is 18.5. The van der Waals surface area contributed by atoms with Crippen molar-refractivity contribution in [3.8, 4) is 5.69 Å². The predicted octanol–water partition coefficient (Wildman–Crippen LogP) is 4.76. The third-order valence-corrected chi connectivity index (χ3v) is 16.5. The molecular weight excluding hydrogens is 1000 g/mol. The van der Waals surface area contributed by atoms with E-state index in [1.54, 1.807) is 59.0 Å². The van der Waals surface area contributed by atoms with Crippen molar-refractivity contribution in [1.82, 2.24) is 39.8 Å². The van der Waals surface area contributed by atoms with Gasteiger partial charge in [0, 0.05) is 77.9 Å². The molecule has 2 aromatic heterocycles. The third kappa shape index (κ3) is 15.0. The van der Waals surface area contributed by atoms with Crippen molar-refractivity contribution in [3.05, 3.63) is 53.6 Å². The number of hydrogen-bond acceptors (Lipinski definition) is 19. The minimum absolute atomic E-state index is 0.191. The number of esters is 1. The molecule has 77 heavy (non-hydrogen) atoms. The van der Waals surface area contributed by atoms with Gasteiger partial charge < -0.3 is 68.1 Å². The molecular formula is C55H91FN8O13. The first-order valence-corrected chi connectivity index (χ1v) is 27.4. The van der Waals surface area contributed by atoms with Crippen LogP contribution in [0, 0.1) is 17.8 Å². The topological polar surface area (TPSA) is 240 Å². The van der Waals surface area contributed by atoms with Crippen LogP contribution < -0.4 is 0 Å². The van der Waals surface area contributed by atoms with Gasteiger partial charge in [-0.1, -0.05) is 43.3 Å². The second kappa shape index (κ2) is 26.8. The minimum atomic E-state index is -1.83. The normalized spacial score (nSPS) is 37.2. The number of alkyl halides is 1. The summed E-state index contributed by atoms with van der Waals surface area (Å²) in [6.45, 7) is 18.5. The van der Waals surface area contributed by atoms with Crippen LogP contribution in [0.2, 0.25) is 0 Å². The Hall–Kier alpha value is -3.62. The van der Waals surface area contributed by atoms with E-state index in [0.29, 0.717) is 56.8 Å². The van der Waals surface area contributed by atoms with Crippen LogP contribution in [0.4, 0.5) is 4.39 Å². The number of benzene rings is 1. The molecule has 0 unspecified atom stereocenters. The lowest BCUT2D eigenvalue weighted by Gasteiger charge is -2.48. The highest BCUT2D eigenvalue weighted by Crippen LogP contribution is 2.40. The standard InChI is InChI=1S/C55H91FN8O13/c1-16-44-55(10,69)49(66)37(7)62(12)28-32(2)24-54(9,68)50(35(5)47(36(6)51(67)75-44)76-45-26-53(8,72-15)25-34(4)73-45)77-52-46(65)42(23-33(3)74-52)61(11)22-21-39-29-64(60-57-39)43(27-56)48(71-14)38-17-19-41(20-18-38)63-30-40(31-70-13)58-59-63/h17-20,29-30,32-37,42-50,52,65-66,68-69H,16,21-28,31H2,1-15H3/t32-,33-,34+,35+,36-,37-,42+,43-,44-,45+,46-,47+,48-,49-,50-,52+,53+,54-,55-/m1/s1. The number of halogens is 1. The van der Waals surface area contributed by atoms with E-state index in [1.807, 2.05) is 82.8 Å². The molecule has 6 rings (SSSR count). The minimum Gasteiger partial charge on any atom is -0.459 e. The van der Waals surface area contributed by atoms with Crippen LogP contribution in [0.3, 0.4) is 0 Å². The Kier molecular flexibility index (Phi) is 21.8. The van der Waals surface area contributed by atoms with Crippen molar-refractivity contribution in [2.75, 3.05) is 55.2 Å². The van der Waals surface area contributed by atoms with Gasteiger partial charge in [-0.2, -0.15) is 0 Å². The molecule has 22 heteroatoms. The number of hydrogen-bond donors (Lipinski definition) is 4. The summed E-state index contributed by atoms with van der Waals surface area (Å²) in [6, 6.07) is 5.56. The SMILES string of the molecule is CC[C@H]1OC(=O)[C@H](C)[C@@H](O[C@H]2C[C@@](C)(OC)C[C@H](C)O2)[C@H](C)[C@@H](O[C@@H]2O[C@H](C)C[C@H](N(C)CCc3cn([C@H](CF)[C@H](OC)c4ccc(-n5cc(COC)nn5)cc4)nn3)[C@H]2O)[C@](C)(O)C[C@@H](C)CN(C)[C@H](C)[C@@H](O)[C@]1(C)O. The molecule has 3 aliphatic heterocycles. The highest BCUT2D eigenvalue weighted by molar-refractivity contribution is 5.73. The molecule has 3 aromatic rings. The fourth-order valence-corrected chi connectivity index (χ4v) is 12.0. The molecule has 0 aliphatic carbocycles. The van der Waals surface area contributed by atoms with Crippen molar-refractivity contribution in [3.63, 3.8) is 0 Å². The molecule has 3 saturated heterocycles. The lowest BCUT2D eigenvalue weighted by Crippen LogP contribution is -2.60. The van der Waals surface area contributed by atoms with Crippen molar-refractivity contribution in [1.29, 1.82) is 0 Å². The summed E-state index contributed by atoms with van der Waals surface area (Å²) in [7, 11) is 8.50. The summed E-state index contributed by atoms with van der Waals surface area (Å²) in [5.74, 6) is -2.68. The molecule has 0 spiro atoms. The number of nitrogens with zero attached hydrogens (tertiary/aromatic N) is 8. The Morgan fingerprint density at radius 2 is 1.60 bits per heavy atom. The second-order valence-electron chi connectivity index (χ2n) is 23.2. The lowest BCUT2D eigenvalue weighted by atomic mass is 9.77. The fraction of sp³-hybridized carbons (Fsp3) is 0.800. The Labute approximate surface area is 454 Å². The molecule has 0 radical (unpaired) electrons. The van der Waals surface area contributed by atoms with Gasteiger partial charge in [0.25, 0.3) is 0 Å². The summed E-state index contributed by atoms with van der Waals surface area (Å²) in [5, 5.41) is 65.9. The average Bonchev–Trinajstić information content (AvgIpc) is 4.07. The number of aliphatic hydroxyl groups excluding tert-OH is 2. The summed E-state index contributed by atoms with van der Waals surface area (Å²) in [5.41, 5.74) is -1.25. The molecule has 21 nitrogen and oxygen atoms in total. The van der Waals surface area contributed by atoms with E-state index in [9.17, 15) is 29.6 Å². The molecule has 436 valence electrons. The van der Waals surface area contributed by atoms with E-state index in [-0.39, 0.29) is 24.9 Å². The van der Waals surface area contributed by atoms with Crippen LogP contribution in [0.5, 0.6) is 0 Å². The van der Waals surface area contributed by atoms with Crippen molar-refractivity contribution >= 4 is 5.97 Å². The van der Waals surface area contributed by atoms with Gasteiger partial charge in [0.05, 0.1) is 65.7 Å². The molecule has 1 aromatic carbocycles. The first-order chi connectivity index (χ1) is 36.3. The number of aliphatic hydroxyl groups is 4. The van der Waals surface area contributed by atoms with Crippen LogP contribution in [-0.2, 0) is 55.7 Å². The number of ether oxygens (including phenoxy) is 8. The Bertz CT molecular complexity index is 2290. The van der Waals surface area contributed by atoms with Crippen LogP contribution in [0.15, 0.2) is 36.7 Å². The van der Waals surface area contributed by atoms with Crippen LogP contribution in [0.25, 0.3) is 5.69 Å². The van der Waals surface area contributed by atoms with Crippen LogP contribution >= 0.6 is 0 Å². The predicted molar refractivity (Wildman–Crippen MR) is 282 cm³/mol. The van der Waals surface area contributed by atoms with E-state index in [1.165, 1.54) is 18.7 Å². The van der Waals surface area contributed by atoms with Gasteiger partial charge in [-0.25, -0.2) is 13.8 Å². The van der Waals surface area contributed by atoms with Crippen LogP contribution in [0.1, 0.15) is 130 Å². The molecule has 0 amide bonds. The summed E-state index contributed by atoms with van der Waals surface area (Å²) < 4.78 is 67.9. The van der Waals surface area contributed by atoms with E-state index in [2.05, 4.69) is 20.6 Å². The zero-order valence-corrected chi connectivity index (χ0v) is 48.2. The number of carbonyl (C=O) groups is 1. The van der Waals surface area contributed by atoms with Gasteiger partial charge in [0.2, 0.25) is 0 Å². The Balaban J connectivity index is 1.23. The highest BCUT2D eigenvalue weighted by Gasteiger charge is 2.52. The number of methoxy groups -OCH3 is 3. The maximum atomic E-state index is 15.0. The maximum absolute atomic E-state index is 15.0. The van der Waals surface area contributed by atoms with Gasteiger partial charge >= 0.3 is 5.97 Å². The zero-order valence-electron chi connectivity index (χ0n) is 48.2. The Morgan fingerprint density at radius 1 is 0.909 bits per heavy atom. The molecule has 0 bridgehead atoms. The summed E-state index contributed by atoms with van der Waals surface area (Å²) in [6.07, 6.45) is -3.42.